The number of sulfonamides is 1. The Morgan fingerprint density at radius 1 is 0.919 bits per heavy atom. The molecule has 0 radical (unpaired) electrons. The van der Waals surface area contributed by atoms with Crippen molar-refractivity contribution in [3.63, 3.8) is 0 Å². The molecule has 1 atom stereocenters. The maximum Gasteiger partial charge on any atom is 0.261 e. The number of rotatable bonds is 11. The number of unbranched alkanes of at least 4 members (excludes halogenated alkanes) is 1. The predicted molar refractivity (Wildman–Crippen MR) is 150 cm³/mol. The van der Waals surface area contributed by atoms with Gasteiger partial charge >= 0.3 is 0 Å². The molecule has 0 heterocycles. The highest BCUT2D eigenvalue weighted by atomic mass is 32.2. The number of nitrogens with one attached hydrogen (secondary N) is 3. The molecule has 1 unspecified atom stereocenters. The molecule has 196 valence electrons. The average Bonchev–Trinajstić information content (AvgIpc) is 2.88. The molecule has 10 heteroatoms. The lowest BCUT2D eigenvalue weighted by atomic mass is 10.2. The fraction of sp³-hybridized carbons (Fsp3) is 0.259. The van der Waals surface area contributed by atoms with Crippen molar-refractivity contribution in [2.24, 2.45) is 0 Å². The first-order chi connectivity index (χ1) is 17.7. The molecule has 3 aromatic rings. The van der Waals surface area contributed by atoms with Crippen LogP contribution in [0.15, 0.2) is 77.7 Å². The normalized spacial score (nSPS) is 11.8. The number of anilines is 2. The number of hydrogen-bond donors (Lipinski definition) is 3. The number of amides is 1. The van der Waals surface area contributed by atoms with Crippen LogP contribution in [0.3, 0.4) is 0 Å². The average molecular weight is 542 g/mol. The van der Waals surface area contributed by atoms with Gasteiger partial charge in [0.15, 0.2) is 5.11 Å². The Labute approximate surface area is 223 Å². The molecule has 1 amide bonds. The Hall–Kier alpha value is -3.63. The van der Waals surface area contributed by atoms with Gasteiger partial charge in [-0.05, 0) is 98.4 Å². The molecule has 0 aliphatic heterocycles. The molecule has 0 aromatic heterocycles. The topological polar surface area (TPSA) is 106 Å². The van der Waals surface area contributed by atoms with Gasteiger partial charge in [0.05, 0.1) is 18.1 Å². The molecule has 0 saturated carbocycles. The van der Waals surface area contributed by atoms with E-state index in [2.05, 4.69) is 22.3 Å². The van der Waals surface area contributed by atoms with Crippen LogP contribution >= 0.6 is 12.2 Å². The molecule has 0 aliphatic rings. The van der Waals surface area contributed by atoms with E-state index in [0.717, 1.165) is 19.3 Å². The number of carbonyl (C=O) groups is 1. The van der Waals surface area contributed by atoms with Crippen LogP contribution in [0.2, 0.25) is 0 Å². The zero-order chi connectivity index (χ0) is 26.8. The molecule has 0 saturated heterocycles. The van der Waals surface area contributed by atoms with E-state index < -0.39 is 10.0 Å². The van der Waals surface area contributed by atoms with Gasteiger partial charge in [0.25, 0.3) is 15.9 Å². The molecule has 3 aromatic carbocycles. The van der Waals surface area contributed by atoms with Crippen molar-refractivity contribution in [1.82, 2.24) is 5.32 Å². The molecular weight excluding hydrogens is 510 g/mol. The van der Waals surface area contributed by atoms with E-state index in [1.165, 1.54) is 19.2 Å². The highest BCUT2D eigenvalue weighted by Gasteiger charge is 2.15. The minimum atomic E-state index is -3.78. The predicted octanol–water partition coefficient (Wildman–Crippen LogP) is 5.58. The summed E-state index contributed by atoms with van der Waals surface area (Å²) in [5.41, 5.74) is 1.37. The van der Waals surface area contributed by atoms with Crippen LogP contribution in [0.1, 0.15) is 43.5 Å². The SMILES string of the molecule is CCCCC(C)Oc1ccc(C(=O)NC(=S)Nc2ccc(S(=O)(=O)Nc3ccc(OC)cc3)cc2)cc1. The monoisotopic (exact) mass is 541 g/mol. The highest BCUT2D eigenvalue weighted by Crippen LogP contribution is 2.21. The molecular formula is C27H31N3O5S2. The first-order valence-electron chi connectivity index (χ1n) is 11.9. The number of ether oxygens (including phenoxy) is 2. The fourth-order valence-corrected chi connectivity index (χ4v) is 4.67. The van der Waals surface area contributed by atoms with Crippen LogP contribution in [-0.4, -0.2) is 32.7 Å². The summed E-state index contributed by atoms with van der Waals surface area (Å²) in [5.74, 6) is 0.961. The van der Waals surface area contributed by atoms with Gasteiger partial charge in [0, 0.05) is 16.9 Å². The summed E-state index contributed by atoms with van der Waals surface area (Å²) in [6.07, 6.45) is 3.30. The van der Waals surface area contributed by atoms with Crippen molar-refractivity contribution in [2.45, 2.75) is 44.1 Å². The van der Waals surface area contributed by atoms with Gasteiger partial charge in [-0.3, -0.25) is 14.8 Å². The minimum absolute atomic E-state index is 0.0788. The molecule has 0 aliphatic carbocycles. The standard InChI is InChI=1S/C27H31N3O5S2/c1-4-5-6-19(2)35-24-13-7-20(8-14-24)26(31)29-27(36)28-21-11-17-25(18-12-21)37(32,33)30-22-9-15-23(34-3)16-10-22/h7-19,30H,4-6H2,1-3H3,(H2,28,29,31,36). The van der Waals surface area contributed by atoms with Crippen LogP contribution in [0.4, 0.5) is 11.4 Å². The van der Waals surface area contributed by atoms with Crippen molar-refractivity contribution in [3.05, 3.63) is 78.4 Å². The van der Waals surface area contributed by atoms with Gasteiger partial charge in [-0.1, -0.05) is 19.8 Å². The third kappa shape index (κ3) is 8.47. The first-order valence-corrected chi connectivity index (χ1v) is 13.8. The van der Waals surface area contributed by atoms with Gasteiger partial charge in [0.1, 0.15) is 11.5 Å². The van der Waals surface area contributed by atoms with E-state index in [9.17, 15) is 13.2 Å². The summed E-state index contributed by atoms with van der Waals surface area (Å²) < 4.78 is 38.8. The van der Waals surface area contributed by atoms with Crippen molar-refractivity contribution in [1.29, 1.82) is 0 Å². The van der Waals surface area contributed by atoms with E-state index in [1.807, 2.05) is 6.92 Å². The van der Waals surface area contributed by atoms with Crippen molar-refractivity contribution in [3.8, 4) is 11.5 Å². The Morgan fingerprint density at radius 3 is 2.11 bits per heavy atom. The number of benzene rings is 3. The summed E-state index contributed by atoms with van der Waals surface area (Å²) >= 11 is 5.24. The smallest absolute Gasteiger partial charge is 0.261 e. The lowest BCUT2D eigenvalue weighted by molar-refractivity contribution is 0.0977. The van der Waals surface area contributed by atoms with Crippen molar-refractivity contribution < 1.29 is 22.7 Å². The second-order valence-electron chi connectivity index (χ2n) is 8.36. The molecule has 0 fully saturated rings. The van der Waals surface area contributed by atoms with Gasteiger partial charge in [0.2, 0.25) is 0 Å². The second kappa shape index (κ2) is 13.1. The lowest BCUT2D eigenvalue weighted by Crippen LogP contribution is -2.34. The first kappa shape index (κ1) is 27.9. The van der Waals surface area contributed by atoms with E-state index in [0.29, 0.717) is 28.4 Å². The Balaban J connectivity index is 1.53. The van der Waals surface area contributed by atoms with Crippen LogP contribution in [0.5, 0.6) is 11.5 Å². The van der Waals surface area contributed by atoms with Gasteiger partial charge < -0.3 is 14.8 Å². The largest absolute Gasteiger partial charge is 0.497 e. The summed E-state index contributed by atoms with van der Waals surface area (Å²) in [6, 6.07) is 19.4. The van der Waals surface area contributed by atoms with Crippen molar-refractivity contribution in [2.75, 3.05) is 17.1 Å². The fourth-order valence-electron chi connectivity index (χ4n) is 3.40. The van der Waals surface area contributed by atoms with Gasteiger partial charge in [-0.15, -0.1) is 0 Å². The molecule has 3 rings (SSSR count). The highest BCUT2D eigenvalue weighted by molar-refractivity contribution is 7.92. The zero-order valence-corrected chi connectivity index (χ0v) is 22.6. The molecule has 0 bridgehead atoms. The number of hydrogen-bond acceptors (Lipinski definition) is 6. The van der Waals surface area contributed by atoms with Gasteiger partial charge in [-0.2, -0.15) is 0 Å². The number of methoxy groups -OCH3 is 1. The Kier molecular flexibility index (Phi) is 9.87. The molecule has 3 N–H and O–H groups in total. The van der Waals surface area contributed by atoms with Crippen molar-refractivity contribution >= 4 is 44.6 Å². The molecule has 37 heavy (non-hydrogen) atoms. The van der Waals surface area contributed by atoms with Crippen LogP contribution in [0, 0.1) is 0 Å². The van der Waals surface area contributed by atoms with E-state index in [1.54, 1.807) is 60.7 Å². The number of carbonyl (C=O) groups excluding carboxylic acids is 1. The maximum absolute atomic E-state index is 12.7. The Morgan fingerprint density at radius 2 is 1.51 bits per heavy atom. The van der Waals surface area contributed by atoms with Gasteiger partial charge in [-0.25, -0.2) is 8.42 Å². The molecule has 0 spiro atoms. The summed E-state index contributed by atoms with van der Waals surface area (Å²) in [5, 5.41) is 5.59. The quantitative estimate of drug-likeness (QED) is 0.272. The zero-order valence-electron chi connectivity index (χ0n) is 21.0. The van der Waals surface area contributed by atoms with E-state index >= 15 is 0 Å². The van der Waals surface area contributed by atoms with E-state index in [4.69, 9.17) is 21.7 Å². The van der Waals surface area contributed by atoms with Crippen LogP contribution in [0.25, 0.3) is 0 Å². The Bertz CT molecular complexity index is 1290. The minimum Gasteiger partial charge on any atom is -0.497 e. The molecule has 8 nitrogen and oxygen atoms in total. The van der Waals surface area contributed by atoms with E-state index in [-0.39, 0.29) is 22.0 Å². The second-order valence-corrected chi connectivity index (χ2v) is 10.5. The third-order valence-electron chi connectivity index (χ3n) is 5.41. The lowest BCUT2D eigenvalue weighted by Gasteiger charge is -2.14. The summed E-state index contributed by atoms with van der Waals surface area (Å²) in [4.78, 5) is 12.6. The van der Waals surface area contributed by atoms with Crippen LogP contribution < -0.4 is 24.8 Å². The van der Waals surface area contributed by atoms with Crippen LogP contribution in [-0.2, 0) is 10.0 Å². The number of thiocarbonyl (C=S) groups is 1. The maximum atomic E-state index is 12.7. The summed E-state index contributed by atoms with van der Waals surface area (Å²) in [7, 11) is -2.24. The third-order valence-corrected chi connectivity index (χ3v) is 7.01. The summed E-state index contributed by atoms with van der Waals surface area (Å²) in [6.45, 7) is 4.17.